The SMILES string of the molecule is O=[N+]([O-])c1cccc(Cl)c1OCCCS(=O)(=O)Cl. The minimum atomic E-state index is -3.59. The van der Waals surface area contributed by atoms with Gasteiger partial charge >= 0.3 is 5.69 Å². The molecule has 0 aliphatic rings. The van der Waals surface area contributed by atoms with Crippen LogP contribution in [0.5, 0.6) is 5.75 Å². The maximum Gasteiger partial charge on any atom is 0.312 e. The van der Waals surface area contributed by atoms with Gasteiger partial charge < -0.3 is 4.74 Å². The van der Waals surface area contributed by atoms with Gasteiger partial charge in [0.2, 0.25) is 14.8 Å². The highest BCUT2D eigenvalue weighted by atomic mass is 35.7. The number of halogens is 2. The van der Waals surface area contributed by atoms with Crippen molar-refractivity contribution < 1.29 is 18.1 Å². The lowest BCUT2D eigenvalue weighted by atomic mass is 10.3. The van der Waals surface area contributed by atoms with E-state index < -0.39 is 14.0 Å². The third kappa shape index (κ3) is 4.67. The first-order chi connectivity index (χ1) is 8.31. The molecular weight excluding hydrogens is 305 g/mol. The molecule has 0 unspecified atom stereocenters. The first-order valence-electron chi connectivity index (χ1n) is 4.79. The Labute approximate surface area is 113 Å². The Kier molecular flexibility index (Phi) is 5.18. The molecule has 0 heterocycles. The summed E-state index contributed by atoms with van der Waals surface area (Å²) in [6.07, 6.45) is 0.119. The second-order valence-electron chi connectivity index (χ2n) is 3.29. The van der Waals surface area contributed by atoms with E-state index in [2.05, 4.69) is 0 Å². The molecule has 0 aliphatic carbocycles. The second kappa shape index (κ2) is 6.21. The smallest absolute Gasteiger partial charge is 0.312 e. The number of nitro groups is 1. The molecule has 0 N–H and O–H groups in total. The summed E-state index contributed by atoms with van der Waals surface area (Å²) in [5.74, 6) is -0.344. The van der Waals surface area contributed by atoms with Gasteiger partial charge in [-0.25, -0.2) is 8.42 Å². The molecule has 1 aromatic carbocycles. The van der Waals surface area contributed by atoms with Crippen molar-refractivity contribution in [3.63, 3.8) is 0 Å². The van der Waals surface area contributed by atoms with Crippen LogP contribution in [0.1, 0.15) is 6.42 Å². The third-order valence-electron chi connectivity index (χ3n) is 1.92. The van der Waals surface area contributed by atoms with Crippen LogP contribution in [0.25, 0.3) is 0 Å². The van der Waals surface area contributed by atoms with Crippen LogP contribution in [0.3, 0.4) is 0 Å². The number of hydrogen-bond donors (Lipinski definition) is 0. The van der Waals surface area contributed by atoms with E-state index in [1.165, 1.54) is 18.2 Å². The molecule has 6 nitrogen and oxygen atoms in total. The molecule has 1 rings (SSSR count). The number of para-hydroxylation sites is 1. The summed E-state index contributed by atoms with van der Waals surface area (Å²) < 4.78 is 26.4. The highest BCUT2D eigenvalue weighted by Crippen LogP contribution is 2.34. The Morgan fingerprint density at radius 3 is 2.61 bits per heavy atom. The second-order valence-corrected chi connectivity index (χ2v) is 6.59. The zero-order chi connectivity index (χ0) is 13.8. The van der Waals surface area contributed by atoms with E-state index in [1.54, 1.807) is 0 Å². The Morgan fingerprint density at radius 1 is 1.39 bits per heavy atom. The van der Waals surface area contributed by atoms with E-state index in [0.717, 1.165) is 0 Å². The molecule has 0 aromatic heterocycles. The zero-order valence-electron chi connectivity index (χ0n) is 9.01. The van der Waals surface area contributed by atoms with Crippen LogP contribution in [-0.4, -0.2) is 25.7 Å². The maximum atomic E-state index is 10.7. The zero-order valence-corrected chi connectivity index (χ0v) is 11.3. The number of benzene rings is 1. The lowest BCUT2D eigenvalue weighted by Gasteiger charge is -2.07. The van der Waals surface area contributed by atoms with Crippen LogP contribution in [0.2, 0.25) is 5.02 Å². The van der Waals surface area contributed by atoms with E-state index >= 15 is 0 Å². The summed E-state index contributed by atoms with van der Waals surface area (Å²) in [5, 5.41) is 10.8. The largest absolute Gasteiger partial charge is 0.486 e. The van der Waals surface area contributed by atoms with Gasteiger partial charge in [-0.1, -0.05) is 17.7 Å². The van der Waals surface area contributed by atoms with Crippen molar-refractivity contribution in [1.82, 2.24) is 0 Å². The predicted octanol–water partition coefficient (Wildman–Crippen LogP) is 2.59. The van der Waals surface area contributed by atoms with Gasteiger partial charge in [-0.15, -0.1) is 0 Å². The summed E-state index contributed by atoms with van der Waals surface area (Å²) in [6.45, 7) is -0.0312. The van der Waals surface area contributed by atoms with Crippen molar-refractivity contribution in [1.29, 1.82) is 0 Å². The van der Waals surface area contributed by atoms with Crippen LogP contribution < -0.4 is 4.74 Å². The average Bonchev–Trinajstić information content (AvgIpc) is 2.24. The monoisotopic (exact) mass is 313 g/mol. The van der Waals surface area contributed by atoms with Crippen molar-refractivity contribution in [2.45, 2.75) is 6.42 Å². The number of nitrogens with zero attached hydrogens (tertiary/aromatic N) is 1. The summed E-state index contributed by atoms with van der Waals surface area (Å²) in [7, 11) is 1.42. The summed E-state index contributed by atoms with van der Waals surface area (Å²) in [4.78, 5) is 10.1. The first kappa shape index (κ1) is 15.0. The minimum absolute atomic E-state index is 0.0312. The normalized spacial score (nSPS) is 11.2. The summed E-state index contributed by atoms with van der Waals surface area (Å²) in [5.41, 5.74) is -0.267. The Hall–Kier alpha value is -1.05. The summed E-state index contributed by atoms with van der Waals surface area (Å²) >= 11 is 5.77. The molecule has 9 heteroatoms. The average molecular weight is 314 g/mol. The lowest BCUT2D eigenvalue weighted by Crippen LogP contribution is -2.06. The standard InChI is InChI=1S/C9H9Cl2NO5S/c10-7-3-1-4-8(12(13)14)9(7)17-5-2-6-18(11,15)16/h1,3-4H,2,5-6H2. The molecule has 0 saturated heterocycles. The fourth-order valence-corrected chi connectivity index (χ4v) is 2.20. The van der Waals surface area contributed by atoms with Gasteiger partial charge in [0.05, 0.1) is 22.3 Å². The Balaban J connectivity index is 2.70. The molecule has 0 fully saturated rings. The molecule has 18 heavy (non-hydrogen) atoms. The van der Waals surface area contributed by atoms with Crippen LogP contribution in [0, 0.1) is 10.1 Å². The van der Waals surface area contributed by atoms with Crippen LogP contribution in [0.4, 0.5) is 5.69 Å². The van der Waals surface area contributed by atoms with Gasteiger partial charge in [0.1, 0.15) is 0 Å². The number of hydrogen-bond acceptors (Lipinski definition) is 5. The van der Waals surface area contributed by atoms with E-state index in [9.17, 15) is 18.5 Å². The molecule has 0 saturated carbocycles. The van der Waals surface area contributed by atoms with Crippen LogP contribution in [-0.2, 0) is 9.05 Å². The Morgan fingerprint density at radius 2 is 2.06 bits per heavy atom. The van der Waals surface area contributed by atoms with E-state index in [0.29, 0.717) is 0 Å². The number of ether oxygens (including phenoxy) is 1. The number of nitro benzene ring substituents is 1. The third-order valence-corrected chi connectivity index (χ3v) is 3.46. The van der Waals surface area contributed by atoms with Crippen LogP contribution in [0.15, 0.2) is 18.2 Å². The van der Waals surface area contributed by atoms with Gasteiger partial charge in [0.15, 0.2) is 0 Å². The van der Waals surface area contributed by atoms with E-state index in [4.69, 9.17) is 27.0 Å². The van der Waals surface area contributed by atoms with Gasteiger partial charge in [0.25, 0.3) is 0 Å². The predicted molar refractivity (Wildman–Crippen MR) is 67.9 cm³/mol. The highest BCUT2D eigenvalue weighted by molar-refractivity contribution is 8.13. The maximum absolute atomic E-state index is 10.7. The van der Waals surface area contributed by atoms with Crippen molar-refractivity contribution >= 4 is 37.0 Å². The molecule has 0 amide bonds. The number of rotatable bonds is 6. The van der Waals surface area contributed by atoms with Crippen molar-refractivity contribution in [2.75, 3.05) is 12.4 Å². The molecule has 0 bridgehead atoms. The fourth-order valence-electron chi connectivity index (χ4n) is 1.19. The van der Waals surface area contributed by atoms with Crippen LogP contribution >= 0.6 is 22.3 Å². The van der Waals surface area contributed by atoms with Gasteiger partial charge in [-0.3, -0.25) is 10.1 Å². The molecule has 0 radical (unpaired) electrons. The van der Waals surface area contributed by atoms with E-state index in [-0.39, 0.29) is 35.2 Å². The topological polar surface area (TPSA) is 86.5 Å². The summed E-state index contributed by atoms with van der Waals surface area (Å²) in [6, 6.07) is 4.12. The highest BCUT2D eigenvalue weighted by Gasteiger charge is 2.18. The van der Waals surface area contributed by atoms with Gasteiger partial charge in [-0.2, -0.15) is 0 Å². The molecular formula is C9H9Cl2NO5S. The van der Waals surface area contributed by atoms with E-state index in [1.807, 2.05) is 0 Å². The van der Waals surface area contributed by atoms with Crippen molar-refractivity contribution in [3.05, 3.63) is 33.3 Å². The molecule has 0 spiro atoms. The van der Waals surface area contributed by atoms with Crippen molar-refractivity contribution in [2.24, 2.45) is 0 Å². The molecule has 100 valence electrons. The molecule has 0 aliphatic heterocycles. The quantitative estimate of drug-likeness (QED) is 0.348. The lowest BCUT2D eigenvalue weighted by molar-refractivity contribution is -0.385. The minimum Gasteiger partial charge on any atom is -0.486 e. The first-order valence-corrected chi connectivity index (χ1v) is 7.65. The Bertz CT molecular complexity index is 546. The van der Waals surface area contributed by atoms with Crippen molar-refractivity contribution in [3.8, 4) is 5.75 Å². The van der Waals surface area contributed by atoms with Gasteiger partial charge in [0, 0.05) is 16.7 Å². The fraction of sp³-hybridized carbons (Fsp3) is 0.333. The molecule has 1 aromatic rings. The molecule has 0 atom stereocenters. The van der Waals surface area contributed by atoms with Gasteiger partial charge in [-0.05, 0) is 12.5 Å².